The molecular formula is C24H27N5O5S. The van der Waals surface area contributed by atoms with Gasteiger partial charge in [0.2, 0.25) is 12.1 Å². The molecule has 2 amide bonds. The van der Waals surface area contributed by atoms with Gasteiger partial charge in [-0.15, -0.1) is 0 Å². The number of anilines is 2. The average Bonchev–Trinajstić information content (AvgIpc) is 3.30. The van der Waals surface area contributed by atoms with Crippen LogP contribution in [0.2, 0.25) is 0 Å². The van der Waals surface area contributed by atoms with Crippen LogP contribution in [0.15, 0.2) is 60.0 Å². The molecule has 0 aliphatic carbocycles. The van der Waals surface area contributed by atoms with E-state index in [1.165, 1.54) is 11.8 Å². The Morgan fingerprint density at radius 3 is 2.46 bits per heavy atom. The second kappa shape index (κ2) is 10.6. The number of fused-ring (bicyclic) bond motifs is 1. The predicted molar refractivity (Wildman–Crippen MR) is 136 cm³/mol. The van der Waals surface area contributed by atoms with Crippen molar-refractivity contribution in [1.29, 1.82) is 0 Å². The summed E-state index contributed by atoms with van der Waals surface area (Å²) in [5.41, 5.74) is 4.14. The summed E-state index contributed by atoms with van der Waals surface area (Å²) in [5, 5.41) is 7.35. The molecule has 184 valence electrons. The standard InChI is InChI=1S/C24H27N5O5S/c1-5-20(22(30)25-15-11-18(33-3)14-19(12-15)34-4)35-24-27-26-21-23(31)28(9-10-29(21)24)16-7-6-8-17(13-16)32-2/h6-14,20-21,26H,5H2,1-4H3,(H,25,30). The van der Waals surface area contributed by atoms with Gasteiger partial charge in [0.05, 0.1) is 32.3 Å². The Morgan fingerprint density at radius 2 is 1.80 bits per heavy atom. The molecule has 10 nitrogen and oxygen atoms in total. The first-order chi connectivity index (χ1) is 17.0. The van der Waals surface area contributed by atoms with E-state index < -0.39 is 11.4 Å². The van der Waals surface area contributed by atoms with Crippen molar-refractivity contribution in [3.8, 4) is 17.2 Å². The largest absolute Gasteiger partial charge is 0.497 e. The number of methoxy groups -OCH3 is 3. The minimum atomic E-state index is -0.697. The minimum Gasteiger partial charge on any atom is -0.497 e. The Morgan fingerprint density at radius 1 is 1.09 bits per heavy atom. The average molecular weight is 498 g/mol. The molecule has 4 rings (SSSR count). The summed E-state index contributed by atoms with van der Waals surface area (Å²) < 4.78 is 15.8. The van der Waals surface area contributed by atoms with Gasteiger partial charge < -0.3 is 19.5 Å². The van der Waals surface area contributed by atoms with E-state index in [1.807, 2.05) is 25.1 Å². The highest BCUT2D eigenvalue weighted by molar-refractivity contribution is 8.14. The van der Waals surface area contributed by atoms with Gasteiger partial charge >= 0.3 is 0 Å². The first kappa shape index (κ1) is 24.3. The molecule has 11 heteroatoms. The molecule has 0 bridgehead atoms. The maximum Gasteiger partial charge on any atom is 0.276 e. The third-order valence-electron chi connectivity index (χ3n) is 5.49. The van der Waals surface area contributed by atoms with Gasteiger partial charge in [-0.25, -0.2) is 0 Å². The number of carbonyl (C=O) groups is 2. The number of amides is 2. The molecule has 2 aliphatic heterocycles. The molecule has 0 radical (unpaired) electrons. The van der Waals surface area contributed by atoms with Gasteiger partial charge in [-0.3, -0.25) is 24.8 Å². The highest BCUT2D eigenvalue weighted by Gasteiger charge is 2.39. The fraction of sp³-hybridized carbons (Fsp3) is 0.292. The summed E-state index contributed by atoms with van der Waals surface area (Å²) in [6.45, 7) is 1.92. The Hall–Kier alpha value is -3.86. The lowest BCUT2D eigenvalue weighted by atomic mass is 10.2. The van der Waals surface area contributed by atoms with E-state index in [0.29, 0.717) is 40.2 Å². The van der Waals surface area contributed by atoms with Crippen LogP contribution in [0.3, 0.4) is 0 Å². The van der Waals surface area contributed by atoms with E-state index in [0.717, 1.165) is 0 Å². The number of hydrogen-bond acceptors (Lipinski definition) is 9. The molecule has 35 heavy (non-hydrogen) atoms. The van der Waals surface area contributed by atoms with Gasteiger partial charge in [-0.1, -0.05) is 24.8 Å². The first-order valence-corrected chi connectivity index (χ1v) is 11.8. The van der Waals surface area contributed by atoms with Crippen molar-refractivity contribution < 1.29 is 23.8 Å². The summed E-state index contributed by atoms with van der Waals surface area (Å²) in [7, 11) is 4.68. The number of rotatable bonds is 8. The summed E-state index contributed by atoms with van der Waals surface area (Å²) in [6.07, 6.45) is 3.31. The fourth-order valence-corrected chi connectivity index (χ4v) is 4.61. The molecule has 0 spiro atoms. The summed E-state index contributed by atoms with van der Waals surface area (Å²) in [4.78, 5) is 29.5. The fourth-order valence-electron chi connectivity index (χ4n) is 3.63. The lowest BCUT2D eigenvalue weighted by molar-refractivity contribution is -0.122. The quantitative estimate of drug-likeness (QED) is 0.573. The number of hydrogen-bond donors (Lipinski definition) is 2. The zero-order chi connectivity index (χ0) is 24.9. The van der Waals surface area contributed by atoms with Crippen molar-refractivity contribution in [3.63, 3.8) is 0 Å². The Labute approximate surface area is 207 Å². The van der Waals surface area contributed by atoms with Gasteiger partial charge in [0.1, 0.15) is 17.2 Å². The number of amidine groups is 1. The highest BCUT2D eigenvalue weighted by atomic mass is 32.2. The lowest BCUT2D eigenvalue weighted by Crippen LogP contribution is -2.52. The summed E-state index contributed by atoms with van der Waals surface area (Å²) in [6, 6.07) is 12.4. The first-order valence-electron chi connectivity index (χ1n) is 10.9. The lowest BCUT2D eigenvalue weighted by Gasteiger charge is -2.32. The van der Waals surface area contributed by atoms with E-state index in [1.54, 1.807) is 67.8 Å². The van der Waals surface area contributed by atoms with Crippen LogP contribution in [0.4, 0.5) is 11.4 Å². The Kier molecular flexibility index (Phi) is 7.35. The van der Waals surface area contributed by atoms with Crippen LogP contribution in [0.5, 0.6) is 17.2 Å². The van der Waals surface area contributed by atoms with Crippen molar-refractivity contribution >= 4 is 40.1 Å². The molecule has 2 aliphatic rings. The summed E-state index contributed by atoms with van der Waals surface area (Å²) in [5.74, 6) is 1.42. The van der Waals surface area contributed by atoms with Crippen molar-refractivity contribution in [1.82, 2.24) is 10.3 Å². The number of hydrazone groups is 1. The second-order valence-electron chi connectivity index (χ2n) is 7.65. The van der Waals surface area contributed by atoms with Crippen molar-refractivity contribution in [2.24, 2.45) is 5.10 Å². The smallest absolute Gasteiger partial charge is 0.276 e. The van der Waals surface area contributed by atoms with E-state index >= 15 is 0 Å². The molecule has 2 aromatic rings. The second-order valence-corrected chi connectivity index (χ2v) is 8.82. The van der Waals surface area contributed by atoms with E-state index in [4.69, 9.17) is 14.2 Å². The van der Waals surface area contributed by atoms with Gasteiger partial charge in [-0.05, 0) is 18.6 Å². The molecule has 2 unspecified atom stereocenters. The van der Waals surface area contributed by atoms with Gasteiger partial charge in [0.25, 0.3) is 5.91 Å². The van der Waals surface area contributed by atoms with Crippen molar-refractivity contribution in [2.45, 2.75) is 24.8 Å². The number of nitrogens with one attached hydrogen (secondary N) is 2. The highest BCUT2D eigenvalue weighted by Crippen LogP contribution is 2.31. The molecule has 0 aromatic heterocycles. The third-order valence-corrected chi connectivity index (χ3v) is 6.84. The van der Waals surface area contributed by atoms with Crippen molar-refractivity contribution in [3.05, 3.63) is 54.9 Å². The number of ether oxygens (including phenoxy) is 3. The SMILES string of the molecule is CCC(SC1=NNC2C(=O)N(c3cccc(OC)c3)C=CN12)C(=O)Nc1cc(OC)cc(OC)c1. The topological polar surface area (TPSA) is 105 Å². The van der Waals surface area contributed by atoms with Crippen LogP contribution in [-0.2, 0) is 9.59 Å². The van der Waals surface area contributed by atoms with Gasteiger partial charge in [0, 0.05) is 42.4 Å². The molecule has 0 fully saturated rings. The van der Waals surface area contributed by atoms with E-state index in [9.17, 15) is 9.59 Å². The maximum atomic E-state index is 13.1. The summed E-state index contributed by atoms with van der Waals surface area (Å²) >= 11 is 1.29. The minimum absolute atomic E-state index is 0.190. The van der Waals surface area contributed by atoms with Gasteiger partial charge in [-0.2, -0.15) is 5.10 Å². The van der Waals surface area contributed by atoms with Crippen LogP contribution in [0.25, 0.3) is 0 Å². The maximum absolute atomic E-state index is 13.1. The molecule has 2 heterocycles. The van der Waals surface area contributed by atoms with Crippen LogP contribution in [-0.4, -0.2) is 54.6 Å². The molecule has 2 aromatic carbocycles. The van der Waals surface area contributed by atoms with Crippen LogP contribution in [0.1, 0.15) is 13.3 Å². The van der Waals surface area contributed by atoms with Crippen LogP contribution >= 0.6 is 11.8 Å². The molecular weight excluding hydrogens is 470 g/mol. The third kappa shape index (κ3) is 5.14. The number of benzene rings is 2. The number of carbonyl (C=O) groups excluding carboxylic acids is 2. The Balaban J connectivity index is 1.45. The molecule has 0 saturated heterocycles. The normalized spacial score (nSPS) is 17.3. The van der Waals surface area contributed by atoms with Crippen molar-refractivity contribution in [2.75, 3.05) is 31.5 Å². The predicted octanol–water partition coefficient (Wildman–Crippen LogP) is 3.18. The van der Waals surface area contributed by atoms with Crippen LogP contribution < -0.4 is 29.9 Å². The zero-order valence-corrected chi connectivity index (χ0v) is 20.7. The monoisotopic (exact) mass is 497 g/mol. The molecule has 2 atom stereocenters. The van der Waals surface area contributed by atoms with Crippen LogP contribution in [0, 0.1) is 0 Å². The van der Waals surface area contributed by atoms with Gasteiger partial charge in [0.15, 0.2) is 5.17 Å². The molecule has 0 saturated carbocycles. The number of nitrogens with zero attached hydrogens (tertiary/aromatic N) is 3. The Bertz CT molecular complexity index is 1150. The zero-order valence-electron chi connectivity index (χ0n) is 19.8. The van der Waals surface area contributed by atoms with E-state index in [2.05, 4.69) is 15.8 Å². The number of thioether (sulfide) groups is 1. The molecule has 2 N–H and O–H groups in total. The van der Waals surface area contributed by atoms with E-state index in [-0.39, 0.29) is 11.8 Å².